The minimum atomic E-state index is -0.597. The van der Waals surface area contributed by atoms with Gasteiger partial charge in [0.15, 0.2) is 11.5 Å². The molecule has 1 aliphatic heterocycles. The largest absolute Gasteiger partial charge is 0.444 e. The van der Waals surface area contributed by atoms with Crippen molar-refractivity contribution in [3.63, 3.8) is 0 Å². The fraction of sp³-hybridized carbons (Fsp3) is 0.367. The van der Waals surface area contributed by atoms with Crippen molar-refractivity contribution in [2.75, 3.05) is 11.9 Å². The Hall–Kier alpha value is -4.54. The number of aryl methyl sites for hydroxylation is 1. The highest BCUT2D eigenvalue weighted by Gasteiger charge is 2.31. The molecule has 0 saturated heterocycles. The predicted molar refractivity (Wildman–Crippen MR) is 152 cm³/mol. The van der Waals surface area contributed by atoms with E-state index in [2.05, 4.69) is 33.5 Å². The number of fused-ring (bicyclic) bond motifs is 6. The van der Waals surface area contributed by atoms with E-state index in [1.54, 1.807) is 15.6 Å². The summed E-state index contributed by atoms with van der Waals surface area (Å²) >= 11 is 0. The van der Waals surface area contributed by atoms with Gasteiger partial charge in [-0.1, -0.05) is 18.2 Å². The lowest BCUT2D eigenvalue weighted by atomic mass is 9.91. The third kappa shape index (κ3) is 4.75. The average Bonchev–Trinajstić information content (AvgIpc) is 3.50. The van der Waals surface area contributed by atoms with Crippen LogP contribution in [-0.4, -0.2) is 58.7 Å². The molecule has 0 bridgehead atoms. The molecule has 2 aliphatic rings. The third-order valence-corrected chi connectivity index (χ3v) is 7.67. The summed E-state index contributed by atoms with van der Waals surface area (Å²) < 4.78 is 21.5. The Balaban J connectivity index is 1.27. The van der Waals surface area contributed by atoms with Gasteiger partial charge in [0, 0.05) is 52.9 Å². The summed E-state index contributed by atoms with van der Waals surface area (Å²) in [7, 11) is 0. The number of anilines is 1. The molecule has 1 aromatic carbocycles. The van der Waals surface area contributed by atoms with Crippen LogP contribution < -0.4 is 5.32 Å². The van der Waals surface area contributed by atoms with Crippen LogP contribution in [0.1, 0.15) is 49.7 Å². The van der Waals surface area contributed by atoms with E-state index in [9.17, 15) is 9.18 Å². The molecule has 5 heterocycles. The number of H-pyrrole nitrogens is 1. The number of benzene rings is 1. The van der Waals surface area contributed by atoms with Crippen LogP contribution in [0.5, 0.6) is 0 Å². The van der Waals surface area contributed by atoms with Gasteiger partial charge in [-0.2, -0.15) is 14.6 Å². The first-order valence-corrected chi connectivity index (χ1v) is 13.9. The first-order valence-electron chi connectivity index (χ1n) is 13.9. The number of amides is 1. The number of hydrogen-bond donors (Lipinski definition) is 2. The minimum absolute atomic E-state index is 0.109. The Morgan fingerprint density at radius 3 is 2.83 bits per heavy atom. The normalized spacial score (nSPS) is 17.0. The number of nitrogens with one attached hydrogen (secondary N) is 2. The van der Waals surface area contributed by atoms with Crippen molar-refractivity contribution in [2.45, 2.75) is 64.6 Å². The van der Waals surface area contributed by atoms with E-state index < -0.39 is 11.4 Å². The number of nitrogens with zero attached hydrogens (tertiary/aromatic N) is 6. The molecule has 2 N–H and O–H groups in total. The molecule has 1 amide bonds. The Labute approximate surface area is 236 Å². The lowest BCUT2D eigenvalue weighted by Crippen LogP contribution is -2.39. The summed E-state index contributed by atoms with van der Waals surface area (Å²) in [5.74, 6) is 0.403. The Bertz CT molecular complexity index is 1800. The van der Waals surface area contributed by atoms with E-state index in [-0.39, 0.29) is 12.1 Å². The molecule has 7 rings (SSSR count). The quantitative estimate of drug-likeness (QED) is 0.320. The molecular formula is C30H31FN8O2. The fourth-order valence-corrected chi connectivity index (χ4v) is 5.81. The van der Waals surface area contributed by atoms with E-state index in [1.165, 1.54) is 22.7 Å². The molecule has 0 unspecified atom stereocenters. The van der Waals surface area contributed by atoms with Crippen molar-refractivity contribution in [2.24, 2.45) is 0 Å². The number of aromatic amines is 1. The molecule has 0 saturated carbocycles. The van der Waals surface area contributed by atoms with Gasteiger partial charge in [-0.15, -0.1) is 0 Å². The summed E-state index contributed by atoms with van der Waals surface area (Å²) in [5, 5.41) is 9.75. The lowest BCUT2D eigenvalue weighted by Gasteiger charge is -2.29. The number of para-hydroxylation sites is 1. The van der Waals surface area contributed by atoms with Gasteiger partial charge < -0.3 is 19.9 Å². The number of rotatable bonds is 3. The highest BCUT2D eigenvalue weighted by Crippen LogP contribution is 2.32. The highest BCUT2D eigenvalue weighted by atomic mass is 19.1. The Morgan fingerprint density at radius 2 is 2.00 bits per heavy atom. The minimum Gasteiger partial charge on any atom is -0.444 e. The number of halogens is 1. The molecule has 1 atom stereocenters. The summed E-state index contributed by atoms with van der Waals surface area (Å²) in [4.78, 5) is 31.8. The number of aromatic nitrogens is 6. The number of pyridine rings is 1. The van der Waals surface area contributed by atoms with Gasteiger partial charge in [0.25, 0.3) is 0 Å². The number of hydrogen-bond acceptors (Lipinski definition) is 7. The molecule has 0 fully saturated rings. The standard InChI is InChI=1S/C30H31FN8O2/c1-30(2,3)41-29(40)38-11-10-25-22(16-38)27-35-26(17-12-18(31)15-32-14-17)36-28(39(27)37-25)33-19-8-9-24-21(13-19)20-6-4-5-7-23(20)34-24/h4-7,12,14-15,19,34H,8-11,13,16H2,1-3H3,(H,33,35,36)/t19-/m1/s1. The van der Waals surface area contributed by atoms with Crippen LogP contribution in [-0.2, 0) is 30.5 Å². The van der Waals surface area contributed by atoms with Crippen LogP contribution >= 0.6 is 0 Å². The predicted octanol–water partition coefficient (Wildman–Crippen LogP) is 5.07. The summed E-state index contributed by atoms with van der Waals surface area (Å²) in [5.41, 5.74) is 5.89. The van der Waals surface area contributed by atoms with Gasteiger partial charge in [-0.05, 0) is 57.7 Å². The van der Waals surface area contributed by atoms with Gasteiger partial charge in [0.1, 0.15) is 11.4 Å². The molecule has 11 heteroatoms. The van der Waals surface area contributed by atoms with E-state index in [1.807, 2.05) is 26.8 Å². The van der Waals surface area contributed by atoms with Crippen molar-refractivity contribution in [3.05, 3.63) is 71.1 Å². The second-order valence-electron chi connectivity index (χ2n) is 11.8. The summed E-state index contributed by atoms with van der Waals surface area (Å²) in [6.07, 6.45) is 5.55. The molecule has 5 aromatic rings. The maximum Gasteiger partial charge on any atom is 0.410 e. The summed E-state index contributed by atoms with van der Waals surface area (Å²) in [6, 6.07) is 9.86. The average molecular weight is 555 g/mol. The van der Waals surface area contributed by atoms with Gasteiger partial charge >= 0.3 is 6.09 Å². The van der Waals surface area contributed by atoms with Crippen molar-refractivity contribution in [1.29, 1.82) is 0 Å². The Morgan fingerprint density at radius 1 is 1.15 bits per heavy atom. The van der Waals surface area contributed by atoms with Gasteiger partial charge in [0.05, 0.1) is 18.4 Å². The van der Waals surface area contributed by atoms with Crippen molar-refractivity contribution >= 4 is 28.6 Å². The zero-order chi connectivity index (χ0) is 28.3. The van der Waals surface area contributed by atoms with E-state index in [0.29, 0.717) is 42.5 Å². The highest BCUT2D eigenvalue weighted by molar-refractivity contribution is 5.85. The second kappa shape index (κ2) is 9.53. The smallest absolute Gasteiger partial charge is 0.410 e. The maximum absolute atomic E-state index is 14.2. The van der Waals surface area contributed by atoms with Crippen LogP contribution in [0.2, 0.25) is 0 Å². The number of carbonyl (C=O) groups is 1. The van der Waals surface area contributed by atoms with Crippen LogP contribution in [0.15, 0.2) is 42.7 Å². The zero-order valence-electron chi connectivity index (χ0n) is 23.2. The number of carbonyl (C=O) groups excluding carboxylic acids is 1. The zero-order valence-corrected chi connectivity index (χ0v) is 23.2. The van der Waals surface area contributed by atoms with Crippen LogP contribution in [0.3, 0.4) is 0 Å². The molecule has 4 aromatic heterocycles. The first kappa shape index (κ1) is 25.4. The topological polar surface area (TPSA) is 113 Å². The first-order chi connectivity index (χ1) is 19.7. The van der Waals surface area contributed by atoms with Gasteiger partial charge in [-0.25, -0.2) is 14.2 Å². The molecule has 41 heavy (non-hydrogen) atoms. The molecule has 210 valence electrons. The van der Waals surface area contributed by atoms with Gasteiger partial charge in [-0.3, -0.25) is 4.98 Å². The molecule has 1 aliphatic carbocycles. The van der Waals surface area contributed by atoms with Crippen molar-refractivity contribution in [1.82, 2.24) is 34.4 Å². The number of ether oxygens (including phenoxy) is 1. The van der Waals surface area contributed by atoms with Crippen molar-refractivity contribution in [3.8, 4) is 11.4 Å². The van der Waals surface area contributed by atoms with Crippen LogP contribution in [0, 0.1) is 5.82 Å². The maximum atomic E-state index is 14.2. The van der Waals surface area contributed by atoms with Crippen molar-refractivity contribution < 1.29 is 13.9 Å². The molecular weight excluding hydrogens is 523 g/mol. The summed E-state index contributed by atoms with van der Waals surface area (Å²) in [6.45, 7) is 6.36. The lowest BCUT2D eigenvalue weighted by molar-refractivity contribution is 0.0224. The SMILES string of the molecule is CC(C)(C)OC(=O)N1CCc2nn3c(N[C@@H]4CCc5[nH]c6ccccc6c5C4)nc(-c4cncc(F)c4)nc3c2C1. The fourth-order valence-electron chi connectivity index (χ4n) is 5.81. The van der Waals surface area contributed by atoms with E-state index in [4.69, 9.17) is 19.8 Å². The monoisotopic (exact) mass is 554 g/mol. The Kier molecular flexibility index (Phi) is 5.91. The molecule has 0 radical (unpaired) electrons. The van der Waals surface area contributed by atoms with Crippen LogP contribution in [0.25, 0.3) is 27.9 Å². The molecule has 10 nitrogen and oxygen atoms in total. The second-order valence-corrected chi connectivity index (χ2v) is 11.8. The molecule has 0 spiro atoms. The van der Waals surface area contributed by atoms with E-state index >= 15 is 0 Å². The van der Waals surface area contributed by atoms with Gasteiger partial charge in [0.2, 0.25) is 5.95 Å². The third-order valence-electron chi connectivity index (χ3n) is 7.67. The van der Waals surface area contributed by atoms with E-state index in [0.717, 1.165) is 42.2 Å². The van der Waals surface area contributed by atoms with Crippen LogP contribution in [0.4, 0.5) is 15.1 Å².